The molecular weight excluding hydrogens is 466 g/mol. The van der Waals surface area contributed by atoms with E-state index >= 15 is 0 Å². The summed E-state index contributed by atoms with van der Waals surface area (Å²) in [5, 5.41) is 14.7. The van der Waals surface area contributed by atoms with Gasteiger partial charge in [-0.2, -0.15) is 5.10 Å². The van der Waals surface area contributed by atoms with E-state index in [1.54, 1.807) is 0 Å². The highest BCUT2D eigenvalue weighted by molar-refractivity contribution is 5.91. The van der Waals surface area contributed by atoms with Gasteiger partial charge in [-0.1, -0.05) is 37.3 Å². The minimum atomic E-state index is -0.912. The fraction of sp³-hybridized carbons (Fsp3) is 0.467. The van der Waals surface area contributed by atoms with Gasteiger partial charge in [-0.15, -0.1) is 0 Å². The maximum atomic E-state index is 12.1. The number of hydrogen-bond acceptors (Lipinski definition) is 4. The highest BCUT2D eigenvalue weighted by Crippen LogP contribution is 2.49. The molecule has 3 aromatic rings. The normalized spacial score (nSPS) is 25.2. The second-order valence-electron chi connectivity index (χ2n) is 10.9. The fourth-order valence-corrected chi connectivity index (χ4v) is 5.90. The molecule has 0 bridgehead atoms. The van der Waals surface area contributed by atoms with Crippen molar-refractivity contribution in [3.8, 4) is 16.9 Å². The van der Waals surface area contributed by atoms with Crippen LogP contribution in [0.2, 0.25) is 0 Å². The average Bonchev–Trinajstić information content (AvgIpc) is 3.30. The van der Waals surface area contributed by atoms with Gasteiger partial charge in [-0.3, -0.25) is 9.58 Å². The minimum Gasteiger partial charge on any atom is -0.489 e. The van der Waals surface area contributed by atoms with E-state index < -0.39 is 6.09 Å². The maximum absolute atomic E-state index is 12.1. The summed E-state index contributed by atoms with van der Waals surface area (Å²) in [5.74, 6) is 1.05. The molecule has 3 aliphatic rings. The number of hydrogen-bond donors (Lipinski definition) is 1. The summed E-state index contributed by atoms with van der Waals surface area (Å²) in [7, 11) is 0. The van der Waals surface area contributed by atoms with Crippen molar-refractivity contribution in [1.29, 1.82) is 0 Å². The third-order valence-corrected chi connectivity index (χ3v) is 8.29. The second kappa shape index (κ2) is 9.86. The molecule has 0 saturated heterocycles. The molecule has 1 aliphatic heterocycles. The van der Waals surface area contributed by atoms with Gasteiger partial charge >= 0.3 is 6.09 Å². The first-order chi connectivity index (χ1) is 18.0. The van der Waals surface area contributed by atoms with Crippen molar-refractivity contribution < 1.29 is 19.4 Å². The topological polar surface area (TPSA) is 76.8 Å². The highest BCUT2D eigenvalue weighted by atomic mass is 16.5. The van der Waals surface area contributed by atoms with E-state index in [4.69, 9.17) is 14.6 Å². The van der Waals surface area contributed by atoms with E-state index in [1.165, 1.54) is 16.9 Å². The zero-order chi connectivity index (χ0) is 25.5. The van der Waals surface area contributed by atoms with E-state index in [9.17, 15) is 9.90 Å². The summed E-state index contributed by atoms with van der Waals surface area (Å²) in [5.41, 5.74) is 4.97. The number of ether oxygens (including phenoxy) is 2. The molecule has 2 aromatic carbocycles. The lowest BCUT2D eigenvalue weighted by Crippen LogP contribution is -2.42. The monoisotopic (exact) mass is 501 g/mol. The van der Waals surface area contributed by atoms with Crippen LogP contribution in [-0.4, -0.2) is 39.2 Å². The van der Waals surface area contributed by atoms with Crippen LogP contribution in [-0.2, 0) is 11.3 Å². The van der Waals surface area contributed by atoms with Crippen molar-refractivity contribution in [1.82, 2.24) is 9.78 Å². The zero-order valence-corrected chi connectivity index (χ0v) is 21.5. The van der Waals surface area contributed by atoms with Crippen LogP contribution in [0.4, 0.5) is 10.5 Å². The fourth-order valence-electron chi connectivity index (χ4n) is 5.90. The first-order valence-corrected chi connectivity index (χ1v) is 13.5. The number of rotatable bonds is 7. The van der Waals surface area contributed by atoms with Gasteiger partial charge in [-0.05, 0) is 69.1 Å². The van der Waals surface area contributed by atoms with Gasteiger partial charge in [-0.25, -0.2) is 4.79 Å². The number of fused-ring (bicyclic) bond motifs is 1. The molecule has 2 fully saturated rings. The zero-order valence-electron chi connectivity index (χ0n) is 21.5. The van der Waals surface area contributed by atoms with Gasteiger partial charge in [0, 0.05) is 28.9 Å². The Labute approximate surface area is 218 Å². The number of amides is 1. The third-order valence-electron chi connectivity index (χ3n) is 8.29. The van der Waals surface area contributed by atoms with Crippen molar-refractivity contribution in [2.45, 2.75) is 89.2 Å². The van der Waals surface area contributed by atoms with Crippen molar-refractivity contribution >= 4 is 11.8 Å². The molecular formula is C30H35N3O4. The first-order valence-electron chi connectivity index (χ1n) is 13.5. The SMILES string of the molecule is CC1C[C@H](C)c2c(ccc(-c3cnn(C4CC(OCc5ccccc5)C4)c3)c2OC2CCC2)N1C(=O)O. The smallest absolute Gasteiger partial charge is 0.412 e. The van der Waals surface area contributed by atoms with Gasteiger partial charge in [0.15, 0.2) is 0 Å². The van der Waals surface area contributed by atoms with Crippen LogP contribution in [0.1, 0.15) is 75.5 Å². The molecule has 1 aromatic heterocycles. The lowest BCUT2D eigenvalue weighted by atomic mass is 9.84. The van der Waals surface area contributed by atoms with Crippen LogP contribution in [0.15, 0.2) is 54.9 Å². The standard InChI is InChI=1S/C30H35N3O4/c1-19-13-20(2)33(30(34)35)27-12-11-26(29(28(19)27)37-24-9-6-10-24)22-16-31-32(17-22)23-14-25(15-23)36-18-21-7-4-3-5-8-21/h3-5,7-8,11-12,16-17,19-20,23-25H,6,9-10,13-15,18H2,1-2H3,(H,34,35)/t19-,20?,23?,25?/m0/s1. The van der Waals surface area contributed by atoms with Crippen LogP contribution < -0.4 is 9.64 Å². The first kappa shape index (κ1) is 24.0. The van der Waals surface area contributed by atoms with E-state index in [1.807, 2.05) is 43.5 Å². The average molecular weight is 502 g/mol. The summed E-state index contributed by atoms with van der Waals surface area (Å²) >= 11 is 0. The van der Waals surface area contributed by atoms with E-state index in [-0.39, 0.29) is 24.2 Å². The van der Waals surface area contributed by atoms with Crippen molar-refractivity contribution in [3.05, 3.63) is 66.0 Å². The van der Waals surface area contributed by atoms with Gasteiger partial charge < -0.3 is 14.6 Å². The quantitative estimate of drug-likeness (QED) is 0.386. The molecule has 194 valence electrons. The largest absolute Gasteiger partial charge is 0.489 e. The van der Waals surface area contributed by atoms with E-state index in [0.717, 1.165) is 60.2 Å². The molecule has 2 atom stereocenters. The molecule has 7 nitrogen and oxygen atoms in total. The third kappa shape index (κ3) is 4.61. The Kier molecular flexibility index (Phi) is 6.41. The molecule has 6 rings (SSSR count). The Morgan fingerprint density at radius 1 is 1.05 bits per heavy atom. The summed E-state index contributed by atoms with van der Waals surface area (Å²) in [4.78, 5) is 13.6. The molecule has 0 radical (unpaired) electrons. The molecule has 37 heavy (non-hydrogen) atoms. The van der Waals surface area contributed by atoms with Gasteiger partial charge in [0.2, 0.25) is 0 Å². The van der Waals surface area contributed by atoms with Crippen LogP contribution in [0.5, 0.6) is 5.75 Å². The Balaban J connectivity index is 1.23. The number of benzene rings is 2. The number of nitrogens with zero attached hydrogens (tertiary/aromatic N) is 3. The number of aromatic nitrogens is 2. The molecule has 1 unspecified atom stereocenters. The Morgan fingerprint density at radius 3 is 2.54 bits per heavy atom. The summed E-state index contributed by atoms with van der Waals surface area (Å²) in [6, 6.07) is 14.5. The van der Waals surface area contributed by atoms with Crippen molar-refractivity contribution in [2.75, 3.05) is 4.90 Å². The number of anilines is 1. The Hall–Kier alpha value is -3.32. The molecule has 0 spiro atoms. The molecule has 2 heterocycles. The Bertz CT molecular complexity index is 1260. The summed E-state index contributed by atoms with van der Waals surface area (Å²) in [6.07, 6.45) is 9.50. The van der Waals surface area contributed by atoms with Gasteiger partial charge in [0.1, 0.15) is 5.75 Å². The van der Waals surface area contributed by atoms with Crippen LogP contribution in [0.3, 0.4) is 0 Å². The molecule has 2 saturated carbocycles. The van der Waals surface area contributed by atoms with Crippen molar-refractivity contribution in [3.63, 3.8) is 0 Å². The lowest BCUT2D eigenvalue weighted by Gasteiger charge is -2.39. The van der Waals surface area contributed by atoms with E-state index in [0.29, 0.717) is 12.6 Å². The number of carbonyl (C=O) groups is 1. The van der Waals surface area contributed by atoms with Gasteiger partial charge in [0.25, 0.3) is 0 Å². The summed E-state index contributed by atoms with van der Waals surface area (Å²) in [6.45, 7) is 4.80. The second-order valence-corrected chi connectivity index (χ2v) is 10.9. The van der Waals surface area contributed by atoms with Crippen LogP contribution in [0.25, 0.3) is 11.1 Å². The molecule has 7 heteroatoms. The predicted octanol–water partition coefficient (Wildman–Crippen LogP) is 6.78. The molecule has 1 N–H and O–H groups in total. The lowest BCUT2D eigenvalue weighted by molar-refractivity contribution is -0.0383. The Morgan fingerprint density at radius 2 is 1.84 bits per heavy atom. The summed E-state index contributed by atoms with van der Waals surface area (Å²) < 4.78 is 14.7. The van der Waals surface area contributed by atoms with Crippen molar-refractivity contribution in [2.24, 2.45) is 0 Å². The van der Waals surface area contributed by atoms with E-state index in [2.05, 4.69) is 29.9 Å². The highest BCUT2D eigenvalue weighted by Gasteiger charge is 2.37. The molecule has 2 aliphatic carbocycles. The van der Waals surface area contributed by atoms with Crippen LogP contribution >= 0.6 is 0 Å². The molecule has 1 amide bonds. The maximum Gasteiger partial charge on any atom is 0.412 e. The van der Waals surface area contributed by atoms with Gasteiger partial charge in [0.05, 0.1) is 36.7 Å². The minimum absolute atomic E-state index is 0.0687. The van der Waals surface area contributed by atoms with Crippen LogP contribution in [0, 0.1) is 0 Å². The number of carboxylic acid groups (broad SMARTS) is 1. The predicted molar refractivity (Wildman–Crippen MR) is 142 cm³/mol.